The molecule has 4 heterocycles. The molecule has 0 amide bonds. The van der Waals surface area contributed by atoms with E-state index in [4.69, 9.17) is 4.74 Å². The molecule has 2 bridgehead atoms. The van der Waals surface area contributed by atoms with E-state index in [0.717, 1.165) is 37.7 Å². The number of anilines is 1. The number of aromatic hydroxyl groups is 1. The van der Waals surface area contributed by atoms with E-state index in [2.05, 4.69) is 30.2 Å². The molecule has 2 saturated heterocycles. The number of methoxy groups -OCH3 is 1. The highest BCUT2D eigenvalue weighted by Crippen LogP contribution is 2.40. The zero-order chi connectivity index (χ0) is 23.2. The Hall–Kier alpha value is -3.33. The van der Waals surface area contributed by atoms with E-state index >= 15 is 4.39 Å². The maximum absolute atomic E-state index is 15.3. The van der Waals surface area contributed by atoms with Crippen LogP contribution in [0.3, 0.4) is 0 Å². The van der Waals surface area contributed by atoms with Gasteiger partial charge < -0.3 is 20.1 Å². The zero-order valence-corrected chi connectivity index (χ0v) is 18.9. The Morgan fingerprint density at radius 2 is 1.91 bits per heavy atom. The molecular formula is C25H27FN6O2. The quantitative estimate of drug-likeness (QED) is 0.575. The van der Waals surface area contributed by atoms with Crippen LogP contribution in [0.1, 0.15) is 32.1 Å². The standard InChI is InChI=1S/C25H27FN6O2/c1-34-24-10-19(29-13-30-24)14-2-6-17(22(33)8-14)20-11-28-23(12-27-20)32(16-4-5-16)21-9-15-3-7-18(31-15)25(21)26/h2,6,8,10-13,15-16,18,21,25,31,33H,3-5,7,9H2,1H3/t15?,18?,21-,25+/m0/s1. The van der Waals surface area contributed by atoms with Gasteiger partial charge in [0.25, 0.3) is 0 Å². The van der Waals surface area contributed by atoms with Crippen molar-refractivity contribution in [3.63, 3.8) is 0 Å². The van der Waals surface area contributed by atoms with Crippen molar-refractivity contribution >= 4 is 5.82 Å². The van der Waals surface area contributed by atoms with E-state index in [1.165, 1.54) is 6.33 Å². The highest BCUT2D eigenvalue weighted by atomic mass is 19.1. The van der Waals surface area contributed by atoms with Crippen LogP contribution in [0.5, 0.6) is 11.6 Å². The summed E-state index contributed by atoms with van der Waals surface area (Å²) < 4.78 is 20.4. The molecule has 9 heteroatoms. The van der Waals surface area contributed by atoms with Crippen LogP contribution < -0.4 is 15.0 Å². The smallest absolute Gasteiger partial charge is 0.216 e. The second-order valence-electron chi connectivity index (χ2n) is 9.37. The minimum Gasteiger partial charge on any atom is -0.507 e. The molecule has 6 rings (SSSR count). The molecule has 2 aromatic heterocycles. The van der Waals surface area contributed by atoms with Gasteiger partial charge in [-0.15, -0.1) is 0 Å². The van der Waals surface area contributed by atoms with Crippen molar-refractivity contribution in [2.75, 3.05) is 12.0 Å². The number of benzene rings is 1. The molecule has 3 fully saturated rings. The third-order valence-corrected chi connectivity index (χ3v) is 7.17. The Balaban J connectivity index is 1.26. The molecule has 4 atom stereocenters. The summed E-state index contributed by atoms with van der Waals surface area (Å²) in [4.78, 5) is 19.7. The van der Waals surface area contributed by atoms with Gasteiger partial charge in [0.15, 0.2) is 0 Å². The predicted octanol–water partition coefficient (Wildman–Crippen LogP) is 3.51. The van der Waals surface area contributed by atoms with Gasteiger partial charge in [-0.2, -0.15) is 0 Å². The summed E-state index contributed by atoms with van der Waals surface area (Å²) in [5.74, 6) is 1.24. The van der Waals surface area contributed by atoms with E-state index in [9.17, 15) is 5.11 Å². The van der Waals surface area contributed by atoms with Crippen molar-refractivity contribution in [2.45, 2.75) is 62.4 Å². The summed E-state index contributed by atoms with van der Waals surface area (Å²) in [6.45, 7) is 0. The molecule has 2 N–H and O–H groups in total. The number of phenolic OH excluding ortho intramolecular Hbond substituents is 1. The summed E-state index contributed by atoms with van der Waals surface area (Å²) in [6, 6.07) is 7.51. The van der Waals surface area contributed by atoms with Crippen LogP contribution in [-0.4, -0.2) is 62.5 Å². The number of alkyl halides is 1. The first-order valence-corrected chi connectivity index (χ1v) is 11.8. The minimum atomic E-state index is -0.905. The molecule has 2 unspecified atom stereocenters. The highest BCUT2D eigenvalue weighted by Gasteiger charge is 2.48. The molecule has 8 nitrogen and oxygen atoms in total. The van der Waals surface area contributed by atoms with Crippen LogP contribution >= 0.6 is 0 Å². The van der Waals surface area contributed by atoms with Gasteiger partial charge >= 0.3 is 0 Å². The van der Waals surface area contributed by atoms with Gasteiger partial charge in [-0.3, -0.25) is 4.98 Å². The molecule has 2 aliphatic heterocycles. The molecule has 3 aromatic rings. The highest BCUT2D eigenvalue weighted by molar-refractivity contribution is 5.73. The van der Waals surface area contributed by atoms with Gasteiger partial charge in [-0.25, -0.2) is 19.3 Å². The monoisotopic (exact) mass is 462 g/mol. The first kappa shape index (κ1) is 21.2. The number of phenols is 1. The van der Waals surface area contributed by atoms with Crippen molar-refractivity contribution in [1.29, 1.82) is 0 Å². The van der Waals surface area contributed by atoms with E-state index in [-0.39, 0.29) is 17.8 Å². The van der Waals surface area contributed by atoms with Crippen molar-refractivity contribution in [3.05, 3.63) is 43.0 Å². The number of aromatic nitrogens is 4. The number of rotatable bonds is 6. The fourth-order valence-electron chi connectivity index (χ4n) is 5.33. The van der Waals surface area contributed by atoms with Gasteiger partial charge in [0, 0.05) is 35.3 Å². The van der Waals surface area contributed by atoms with Crippen molar-refractivity contribution in [1.82, 2.24) is 25.3 Å². The maximum atomic E-state index is 15.3. The van der Waals surface area contributed by atoms with E-state index < -0.39 is 6.17 Å². The maximum Gasteiger partial charge on any atom is 0.216 e. The molecule has 0 spiro atoms. The third kappa shape index (κ3) is 3.83. The summed E-state index contributed by atoms with van der Waals surface area (Å²) in [6.07, 6.45) is 8.76. The molecule has 1 aliphatic carbocycles. The number of piperidine rings is 1. The van der Waals surface area contributed by atoms with Gasteiger partial charge in [-0.05, 0) is 44.2 Å². The van der Waals surface area contributed by atoms with Crippen LogP contribution in [0.2, 0.25) is 0 Å². The molecular weight excluding hydrogens is 435 g/mol. The van der Waals surface area contributed by atoms with Gasteiger partial charge in [0.1, 0.15) is 24.1 Å². The normalized spacial score (nSPS) is 25.8. The fraction of sp³-hybridized carbons (Fsp3) is 0.440. The first-order valence-electron chi connectivity index (χ1n) is 11.8. The van der Waals surface area contributed by atoms with Crippen LogP contribution in [0.15, 0.2) is 43.0 Å². The second-order valence-corrected chi connectivity index (χ2v) is 9.37. The Morgan fingerprint density at radius 3 is 2.65 bits per heavy atom. The van der Waals surface area contributed by atoms with Crippen molar-refractivity contribution in [3.8, 4) is 34.1 Å². The van der Waals surface area contributed by atoms with Crippen molar-refractivity contribution < 1.29 is 14.2 Å². The largest absolute Gasteiger partial charge is 0.507 e. The molecule has 34 heavy (non-hydrogen) atoms. The lowest BCUT2D eigenvalue weighted by Crippen LogP contribution is -2.57. The Labute approximate surface area is 197 Å². The van der Waals surface area contributed by atoms with Crippen molar-refractivity contribution in [2.24, 2.45) is 0 Å². The summed E-state index contributed by atoms with van der Waals surface area (Å²) in [5.41, 5.74) is 2.52. The zero-order valence-electron chi connectivity index (χ0n) is 18.9. The number of nitrogens with one attached hydrogen (secondary N) is 1. The second kappa shape index (κ2) is 8.47. The Morgan fingerprint density at radius 1 is 1.03 bits per heavy atom. The molecule has 0 radical (unpaired) electrons. The Kier molecular flexibility index (Phi) is 5.28. The number of hydrogen-bond donors (Lipinski definition) is 2. The topological polar surface area (TPSA) is 96.3 Å². The average molecular weight is 463 g/mol. The van der Waals surface area contributed by atoms with E-state index in [0.29, 0.717) is 40.7 Å². The molecule has 3 aliphatic rings. The number of ether oxygens (including phenoxy) is 1. The minimum absolute atomic E-state index is 0.0532. The lowest BCUT2D eigenvalue weighted by atomic mass is 9.96. The average Bonchev–Trinajstić information content (AvgIpc) is 3.62. The van der Waals surface area contributed by atoms with Crippen LogP contribution in [0.25, 0.3) is 22.5 Å². The van der Waals surface area contributed by atoms with Gasteiger partial charge in [0.2, 0.25) is 5.88 Å². The van der Waals surface area contributed by atoms with Gasteiger partial charge in [-0.1, -0.05) is 6.07 Å². The van der Waals surface area contributed by atoms with Crippen LogP contribution in [0, 0.1) is 0 Å². The lowest BCUT2D eigenvalue weighted by Gasteiger charge is -2.41. The predicted molar refractivity (Wildman–Crippen MR) is 125 cm³/mol. The van der Waals surface area contributed by atoms with E-state index in [1.807, 2.05) is 6.07 Å². The SMILES string of the molecule is COc1cc(-c2ccc(-c3cnc(N(C4CC4)[C@H]4CC5CCC(N5)[C@H]4F)cn3)c(O)c2)ncn1. The fourth-order valence-corrected chi connectivity index (χ4v) is 5.33. The summed E-state index contributed by atoms with van der Waals surface area (Å²) in [7, 11) is 1.54. The number of halogens is 1. The summed E-state index contributed by atoms with van der Waals surface area (Å²) >= 11 is 0. The lowest BCUT2D eigenvalue weighted by molar-refractivity contribution is 0.171. The Bertz CT molecular complexity index is 1190. The third-order valence-electron chi connectivity index (χ3n) is 7.17. The molecule has 1 saturated carbocycles. The van der Waals surface area contributed by atoms with Crippen LogP contribution in [0.4, 0.5) is 10.2 Å². The number of nitrogens with zero attached hydrogens (tertiary/aromatic N) is 5. The number of fused-ring (bicyclic) bond motifs is 2. The van der Waals surface area contributed by atoms with Crippen LogP contribution in [-0.2, 0) is 0 Å². The van der Waals surface area contributed by atoms with E-state index in [1.54, 1.807) is 37.7 Å². The van der Waals surface area contributed by atoms with Gasteiger partial charge in [0.05, 0.1) is 36.9 Å². The number of hydrogen-bond acceptors (Lipinski definition) is 8. The molecule has 176 valence electrons. The first-order chi connectivity index (χ1) is 16.6. The summed E-state index contributed by atoms with van der Waals surface area (Å²) in [5, 5.41) is 14.1. The molecule has 1 aromatic carbocycles.